The minimum Gasteiger partial charge on any atom is -0.393 e. The normalized spacial score (nSPS) is 55.5. The topological polar surface area (TPSA) is 58.9 Å². The van der Waals surface area contributed by atoms with Crippen molar-refractivity contribution in [1.82, 2.24) is 0 Å². The van der Waals surface area contributed by atoms with Gasteiger partial charge < -0.3 is 19.7 Å². The Morgan fingerprint density at radius 2 is 2.05 bits per heavy atom. The van der Waals surface area contributed by atoms with Crippen molar-refractivity contribution in [2.24, 2.45) is 22.7 Å². The van der Waals surface area contributed by atoms with E-state index in [-0.39, 0.29) is 23.4 Å². The summed E-state index contributed by atoms with van der Waals surface area (Å²) in [5, 5.41) is 21.2. The fourth-order valence-electron chi connectivity index (χ4n) is 5.08. The molecule has 2 aliphatic carbocycles. The standard InChI is InChI=1S/C16H26O4/c1-9-5-12(17)6-11-7-16(13(18)15(9,11)3)10(2)8-20-14(16)19-4/h9,11-14,17-18H,2,5-8H2,1,3-4H3/t9-,11+,12+,13-,14?,15+,16-/m0/s1. The summed E-state index contributed by atoms with van der Waals surface area (Å²) in [6.07, 6.45) is 1.10. The van der Waals surface area contributed by atoms with Crippen molar-refractivity contribution in [1.29, 1.82) is 0 Å². The molecule has 0 radical (unpaired) electrons. The summed E-state index contributed by atoms with van der Waals surface area (Å²) in [6.45, 7) is 8.89. The van der Waals surface area contributed by atoms with Crippen molar-refractivity contribution in [3.63, 3.8) is 0 Å². The van der Waals surface area contributed by atoms with Crippen molar-refractivity contribution in [3.8, 4) is 0 Å². The Hall–Kier alpha value is -0.420. The second kappa shape index (κ2) is 4.54. The molecule has 114 valence electrons. The average Bonchev–Trinajstić information content (AvgIpc) is 2.82. The lowest BCUT2D eigenvalue weighted by Crippen LogP contribution is -2.50. The number of hydrogen-bond donors (Lipinski definition) is 2. The van der Waals surface area contributed by atoms with Crippen molar-refractivity contribution < 1.29 is 19.7 Å². The van der Waals surface area contributed by atoms with Gasteiger partial charge in [-0.1, -0.05) is 20.4 Å². The summed E-state index contributed by atoms with van der Waals surface area (Å²) in [7, 11) is 1.63. The first-order chi connectivity index (χ1) is 9.37. The van der Waals surface area contributed by atoms with Gasteiger partial charge in [-0.3, -0.25) is 0 Å². The molecule has 1 spiro atoms. The molecule has 1 heterocycles. The van der Waals surface area contributed by atoms with Gasteiger partial charge in [0.2, 0.25) is 0 Å². The maximum atomic E-state index is 11.2. The molecular formula is C16H26O4. The first-order valence-corrected chi connectivity index (χ1v) is 7.56. The van der Waals surface area contributed by atoms with Gasteiger partial charge in [0.1, 0.15) is 0 Å². The Bertz CT molecular complexity index is 423. The minimum atomic E-state index is -0.526. The van der Waals surface area contributed by atoms with Gasteiger partial charge in [0.25, 0.3) is 0 Å². The number of fused-ring (bicyclic) bond motifs is 1. The van der Waals surface area contributed by atoms with E-state index in [1.54, 1.807) is 7.11 Å². The van der Waals surface area contributed by atoms with E-state index in [4.69, 9.17) is 9.47 Å². The quantitative estimate of drug-likeness (QED) is 0.719. The lowest BCUT2D eigenvalue weighted by atomic mass is 9.61. The second-order valence-corrected chi connectivity index (χ2v) is 7.22. The van der Waals surface area contributed by atoms with E-state index < -0.39 is 17.8 Å². The van der Waals surface area contributed by atoms with Crippen LogP contribution in [0.1, 0.15) is 33.1 Å². The highest BCUT2D eigenvalue weighted by Crippen LogP contribution is 2.66. The highest BCUT2D eigenvalue weighted by molar-refractivity contribution is 5.27. The molecule has 2 N–H and O–H groups in total. The predicted octanol–water partition coefficient (Wildman–Crippen LogP) is 1.71. The van der Waals surface area contributed by atoms with E-state index in [0.717, 1.165) is 24.8 Å². The molecule has 1 aliphatic heterocycles. The molecule has 3 aliphatic rings. The Morgan fingerprint density at radius 3 is 2.70 bits per heavy atom. The summed E-state index contributed by atoms with van der Waals surface area (Å²) in [5.41, 5.74) is 0.230. The zero-order valence-corrected chi connectivity index (χ0v) is 12.6. The Balaban J connectivity index is 2.03. The van der Waals surface area contributed by atoms with Gasteiger partial charge in [-0.25, -0.2) is 0 Å². The van der Waals surface area contributed by atoms with Crippen LogP contribution in [0.25, 0.3) is 0 Å². The Kier molecular flexibility index (Phi) is 3.29. The van der Waals surface area contributed by atoms with E-state index in [2.05, 4.69) is 20.4 Å². The minimum absolute atomic E-state index is 0.202. The highest BCUT2D eigenvalue weighted by atomic mass is 16.7. The van der Waals surface area contributed by atoms with Crippen LogP contribution in [0.15, 0.2) is 12.2 Å². The lowest BCUT2D eigenvalue weighted by molar-refractivity contribution is -0.175. The monoisotopic (exact) mass is 282 g/mol. The number of methoxy groups -OCH3 is 1. The van der Waals surface area contributed by atoms with Crippen LogP contribution in [0.4, 0.5) is 0 Å². The summed E-state index contributed by atoms with van der Waals surface area (Å²) in [4.78, 5) is 0. The zero-order valence-electron chi connectivity index (χ0n) is 12.6. The van der Waals surface area contributed by atoms with E-state index in [1.165, 1.54) is 0 Å². The number of hydrogen-bond acceptors (Lipinski definition) is 4. The number of aliphatic hydroxyl groups is 2. The van der Waals surface area contributed by atoms with Crippen LogP contribution < -0.4 is 0 Å². The molecule has 2 saturated carbocycles. The van der Waals surface area contributed by atoms with Gasteiger partial charge in [0, 0.05) is 12.5 Å². The van der Waals surface area contributed by atoms with Crippen molar-refractivity contribution in [2.45, 2.75) is 51.6 Å². The van der Waals surface area contributed by atoms with E-state index in [1.807, 2.05) is 0 Å². The lowest BCUT2D eigenvalue weighted by Gasteiger charge is -2.47. The molecule has 0 amide bonds. The third-order valence-corrected chi connectivity index (χ3v) is 6.49. The molecule has 20 heavy (non-hydrogen) atoms. The third kappa shape index (κ3) is 1.56. The molecule has 0 bridgehead atoms. The molecular weight excluding hydrogens is 256 g/mol. The first kappa shape index (κ1) is 14.5. The molecule has 3 rings (SSSR count). The summed E-state index contributed by atoms with van der Waals surface area (Å²) in [5.74, 6) is 0.559. The molecule has 0 aromatic heterocycles. The smallest absolute Gasteiger partial charge is 0.169 e. The molecule has 0 aromatic carbocycles. The fourth-order valence-corrected chi connectivity index (χ4v) is 5.08. The van der Waals surface area contributed by atoms with Crippen LogP contribution in [-0.2, 0) is 9.47 Å². The number of rotatable bonds is 1. The number of aliphatic hydroxyl groups excluding tert-OH is 2. The maximum absolute atomic E-state index is 11.2. The van der Waals surface area contributed by atoms with E-state index in [9.17, 15) is 10.2 Å². The molecule has 1 saturated heterocycles. The Labute approximate surface area is 120 Å². The largest absolute Gasteiger partial charge is 0.393 e. The van der Waals surface area contributed by atoms with Crippen molar-refractivity contribution >= 4 is 0 Å². The summed E-state index contributed by atoms with van der Waals surface area (Å²) >= 11 is 0. The third-order valence-electron chi connectivity index (χ3n) is 6.49. The molecule has 7 atom stereocenters. The zero-order chi connectivity index (χ0) is 14.7. The van der Waals surface area contributed by atoms with Crippen LogP contribution >= 0.6 is 0 Å². The fraction of sp³-hybridized carbons (Fsp3) is 0.875. The second-order valence-electron chi connectivity index (χ2n) is 7.22. The number of ether oxygens (including phenoxy) is 2. The van der Waals surface area contributed by atoms with Crippen LogP contribution in [-0.4, -0.2) is 42.4 Å². The highest BCUT2D eigenvalue weighted by Gasteiger charge is 2.68. The van der Waals surface area contributed by atoms with Gasteiger partial charge in [0.05, 0.1) is 24.2 Å². The maximum Gasteiger partial charge on any atom is 0.169 e. The van der Waals surface area contributed by atoms with E-state index >= 15 is 0 Å². The van der Waals surface area contributed by atoms with Gasteiger partial charge in [-0.05, 0) is 36.7 Å². The van der Waals surface area contributed by atoms with Gasteiger partial charge in [-0.2, -0.15) is 0 Å². The SMILES string of the molecule is C=C1COC(OC)[C@@]12C[C@H]1C[C@H](O)C[C@H](C)[C@@]1(C)[C@@H]2O. The van der Waals surface area contributed by atoms with Crippen molar-refractivity contribution in [3.05, 3.63) is 12.2 Å². The van der Waals surface area contributed by atoms with Crippen molar-refractivity contribution in [2.75, 3.05) is 13.7 Å². The Morgan fingerprint density at radius 1 is 1.35 bits per heavy atom. The predicted molar refractivity (Wildman–Crippen MR) is 74.9 cm³/mol. The molecule has 3 fully saturated rings. The molecule has 4 nitrogen and oxygen atoms in total. The van der Waals surface area contributed by atoms with Crippen LogP contribution in [0.5, 0.6) is 0 Å². The molecule has 1 unspecified atom stereocenters. The first-order valence-electron chi connectivity index (χ1n) is 7.56. The van der Waals surface area contributed by atoms with Gasteiger partial charge in [-0.15, -0.1) is 0 Å². The van der Waals surface area contributed by atoms with Crippen LogP contribution in [0.3, 0.4) is 0 Å². The molecule has 4 heteroatoms. The van der Waals surface area contributed by atoms with Gasteiger partial charge >= 0.3 is 0 Å². The van der Waals surface area contributed by atoms with Crippen LogP contribution in [0.2, 0.25) is 0 Å². The van der Waals surface area contributed by atoms with Gasteiger partial charge in [0.15, 0.2) is 6.29 Å². The summed E-state index contributed by atoms with van der Waals surface area (Å²) in [6, 6.07) is 0. The molecule has 0 aromatic rings. The van der Waals surface area contributed by atoms with Crippen LogP contribution in [0, 0.1) is 22.7 Å². The average molecular weight is 282 g/mol. The summed E-state index contributed by atoms with van der Waals surface area (Å²) < 4.78 is 11.2. The van der Waals surface area contributed by atoms with E-state index in [0.29, 0.717) is 6.61 Å².